The van der Waals surface area contributed by atoms with E-state index in [9.17, 15) is 14.8 Å². The van der Waals surface area contributed by atoms with Crippen LogP contribution in [0.25, 0.3) is 0 Å². The summed E-state index contributed by atoms with van der Waals surface area (Å²) in [7, 11) is 3.70. The van der Waals surface area contributed by atoms with Gasteiger partial charge in [0.15, 0.2) is 0 Å². The highest BCUT2D eigenvalue weighted by molar-refractivity contribution is 5.80. The molecule has 0 aliphatic heterocycles. The Kier molecular flexibility index (Phi) is 8.48. The lowest BCUT2D eigenvalue weighted by molar-refractivity contribution is -0.154. The number of hydrogen-bond acceptors (Lipinski definition) is 7. The van der Waals surface area contributed by atoms with Gasteiger partial charge in [0.25, 0.3) is 0 Å². The lowest BCUT2D eigenvalue weighted by atomic mass is 10.0. The highest BCUT2D eigenvalue weighted by Gasteiger charge is 2.20. The third-order valence-electron chi connectivity index (χ3n) is 3.48. The molecule has 1 heterocycles. The smallest absolute Gasteiger partial charge is 0.243 e. The monoisotopic (exact) mass is 338 g/mol. The fraction of sp³-hybridized carbons (Fsp3) is 0.600. The predicted molar refractivity (Wildman–Crippen MR) is 90.3 cm³/mol. The van der Waals surface area contributed by atoms with Crippen molar-refractivity contribution in [2.24, 2.45) is 5.92 Å². The molecule has 0 saturated heterocycles. The molecule has 9 heteroatoms. The van der Waals surface area contributed by atoms with Gasteiger partial charge in [-0.1, -0.05) is 26.2 Å². The van der Waals surface area contributed by atoms with Crippen molar-refractivity contribution in [1.29, 1.82) is 0 Å². The summed E-state index contributed by atoms with van der Waals surface area (Å²) in [6, 6.07) is 1.69. The van der Waals surface area contributed by atoms with E-state index in [0.717, 1.165) is 19.3 Å². The molecule has 134 valence electrons. The molecule has 9 nitrogen and oxygen atoms in total. The van der Waals surface area contributed by atoms with Gasteiger partial charge in [0.05, 0.1) is 12.5 Å². The second-order valence-corrected chi connectivity index (χ2v) is 5.69. The first-order chi connectivity index (χ1) is 11.5. The van der Waals surface area contributed by atoms with Crippen molar-refractivity contribution < 1.29 is 14.8 Å². The molecule has 0 aliphatic rings. The van der Waals surface area contributed by atoms with Gasteiger partial charge in [-0.15, -0.1) is 0 Å². The Hall–Kier alpha value is -2.42. The van der Waals surface area contributed by atoms with Crippen molar-refractivity contribution >= 4 is 24.0 Å². The number of rotatable bonds is 11. The summed E-state index contributed by atoms with van der Waals surface area (Å²) < 4.78 is 0. The van der Waals surface area contributed by atoms with Crippen molar-refractivity contribution in [2.75, 3.05) is 31.0 Å². The average molecular weight is 338 g/mol. The van der Waals surface area contributed by atoms with Crippen LogP contribution in [-0.4, -0.2) is 53.2 Å². The van der Waals surface area contributed by atoms with Crippen LogP contribution < -0.4 is 15.8 Å². The van der Waals surface area contributed by atoms with E-state index >= 15 is 0 Å². The number of hydrazine groups is 1. The molecule has 0 spiro atoms. The Morgan fingerprint density at radius 2 is 2.12 bits per heavy atom. The molecule has 0 radical (unpaired) electrons. The van der Waals surface area contributed by atoms with Crippen LogP contribution in [0.15, 0.2) is 12.4 Å². The number of amides is 2. The Labute approximate surface area is 142 Å². The van der Waals surface area contributed by atoms with Crippen LogP contribution in [0.4, 0.5) is 11.6 Å². The topological polar surface area (TPSA) is 111 Å². The molecule has 1 unspecified atom stereocenters. The molecule has 1 rings (SSSR count). The Morgan fingerprint density at radius 3 is 2.75 bits per heavy atom. The third kappa shape index (κ3) is 6.78. The molecular formula is C15H26N6O3. The largest absolute Gasteiger partial charge is 0.363 e. The normalized spacial score (nSPS) is 11.5. The van der Waals surface area contributed by atoms with E-state index in [2.05, 4.69) is 27.7 Å². The van der Waals surface area contributed by atoms with E-state index < -0.39 is 5.92 Å². The van der Waals surface area contributed by atoms with E-state index in [1.165, 1.54) is 6.33 Å². The average Bonchev–Trinajstić information content (AvgIpc) is 2.58. The number of nitrogens with zero attached hydrogens (tertiary/aromatic N) is 4. The minimum absolute atomic E-state index is 0.0482. The van der Waals surface area contributed by atoms with Gasteiger partial charge in [-0.05, 0) is 6.42 Å². The number of nitrogens with one attached hydrogen (secondary N) is 2. The molecule has 0 aromatic carbocycles. The quantitative estimate of drug-likeness (QED) is 0.239. The summed E-state index contributed by atoms with van der Waals surface area (Å²) in [6.45, 7) is 2.02. The third-order valence-corrected chi connectivity index (χ3v) is 3.48. The van der Waals surface area contributed by atoms with Crippen LogP contribution in [0.1, 0.15) is 32.6 Å². The first-order valence-electron chi connectivity index (χ1n) is 7.94. The van der Waals surface area contributed by atoms with Gasteiger partial charge >= 0.3 is 0 Å². The maximum absolute atomic E-state index is 12.3. The zero-order chi connectivity index (χ0) is 17.9. The summed E-state index contributed by atoms with van der Waals surface area (Å²) in [6.07, 6.45) is 5.13. The minimum atomic E-state index is -0.505. The van der Waals surface area contributed by atoms with Crippen molar-refractivity contribution in [3.8, 4) is 0 Å². The maximum Gasteiger partial charge on any atom is 0.243 e. The van der Waals surface area contributed by atoms with Crippen LogP contribution in [0.2, 0.25) is 0 Å². The molecule has 1 aromatic rings. The van der Waals surface area contributed by atoms with Crippen LogP contribution in [0.5, 0.6) is 0 Å². The number of aromatic nitrogens is 2. The molecule has 0 fully saturated rings. The van der Waals surface area contributed by atoms with Crippen LogP contribution in [0, 0.1) is 5.92 Å². The summed E-state index contributed by atoms with van der Waals surface area (Å²) in [4.78, 5) is 32.8. The lowest BCUT2D eigenvalue weighted by Gasteiger charge is -2.20. The molecule has 1 aromatic heterocycles. The standard InChI is InChI=1S/C15H26N6O3/c1-4-5-6-7-12(9-21(24)11-22)15(23)19-18-13-8-14(20(2)3)17-10-16-13/h8,10-12,24H,4-7,9H2,1-3H3,(H,19,23)(H,16,17,18). The number of hydroxylamine groups is 2. The second-order valence-electron chi connectivity index (χ2n) is 5.69. The first-order valence-corrected chi connectivity index (χ1v) is 7.94. The minimum Gasteiger partial charge on any atom is -0.363 e. The highest BCUT2D eigenvalue weighted by Crippen LogP contribution is 2.13. The van der Waals surface area contributed by atoms with E-state index in [1.807, 2.05) is 19.0 Å². The fourth-order valence-corrected chi connectivity index (χ4v) is 2.10. The van der Waals surface area contributed by atoms with Gasteiger partial charge in [0.2, 0.25) is 12.3 Å². The zero-order valence-electron chi connectivity index (χ0n) is 14.4. The van der Waals surface area contributed by atoms with E-state index in [0.29, 0.717) is 29.5 Å². The summed E-state index contributed by atoms with van der Waals surface area (Å²) in [5.74, 6) is 0.334. The van der Waals surface area contributed by atoms with Crippen molar-refractivity contribution in [1.82, 2.24) is 20.5 Å². The molecule has 24 heavy (non-hydrogen) atoms. The molecule has 0 bridgehead atoms. The summed E-state index contributed by atoms with van der Waals surface area (Å²) in [5.41, 5.74) is 5.31. The van der Waals surface area contributed by atoms with Gasteiger partial charge in [-0.2, -0.15) is 0 Å². The number of anilines is 2. The molecule has 3 N–H and O–H groups in total. The van der Waals surface area contributed by atoms with Crippen LogP contribution in [-0.2, 0) is 9.59 Å². The van der Waals surface area contributed by atoms with Gasteiger partial charge in [-0.25, -0.2) is 15.0 Å². The van der Waals surface area contributed by atoms with E-state index in [-0.39, 0.29) is 12.5 Å². The van der Waals surface area contributed by atoms with Gasteiger partial charge in [0, 0.05) is 20.2 Å². The molecular weight excluding hydrogens is 312 g/mol. The van der Waals surface area contributed by atoms with Crippen molar-refractivity contribution in [2.45, 2.75) is 32.6 Å². The maximum atomic E-state index is 12.3. The van der Waals surface area contributed by atoms with Gasteiger partial charge < -0.3 is 4.90 Å². The molecule has 2 amide bonds. The molecule has 0 aliphatic carbocycles. The van der Waals surface area contributed by atoms with Crippen molar-refractivity contribution in [3.05, 3.63) is 12.4 Å². The SMILES string of the molecule is CCCCCC(CN(O)C=O)C(=O)NNc1cc(N(C)C)ncn1. The number of carbonyl (C=O) groups excluding carboxylic acids is 2. The Morgan fingerprint density at radius 1 is 1.38 bits per heavy atom. The second kappa shape index (κ2) is 10.4. The lowest BCUT2D eigenvalue weighted by Crippen LogP contribution is -2.40. The zero-order valence-corrected chi connectivity index (χ0v) is 14.4. The van der Waals surface area contributed by atoms with E-state index in [1.54, 1.807) is 6.07 Å². The summed E-state index contributed by atoms with van der Waals surface area (Å²) in [5, 5.41) is 9.85. The molecule has 1 atom stereocenters. The van der Waals surface area contributed by atoms with Gasteiger partial charge in [-0.3, -0.25) is 25.6 Å². The number of unbranched alkanes of at least 4 members (excludes halogenated alkanes) is 2. The Balaban J connectivity index is 2.62. The number of hydrogen-bond donors (Lipinski definition) is 3. The summed E-state index contributed by atoms with van der Waals surface area (Å²) >= 11 is 0. The number of carbonyl (C=O) groups is 2. The first kappa shape index (κ1) is 19.6. The van der Waals surface area contributed by atoms with Crippen LogP contribution >= 0.6 is 0 Å². The highest BCUT2D eigenvalue weighted by atomic mass is 16.5. The molecule has 0 saturated carbocycles. The van der Waals surface area contributed by atoms with E-state index in [4.69, 9.17) is 0 Å². The predicted octanol–water partition coefficient (Wildman–Crippen LogP) is 1.03. The fourth-order valence-electron chi connectivity index (χ4n) is 2.10. The van der Waals surface area contributed by atoms with Gasteiger partial charge in [0.1, 0.15) is 18.0 Å². The van der Waals surface area contributed by atoms with Crippen molar-refractivity contribution in [3.63, 3.8) is 0 Å². The Bertz CT molecular complexity index is 526. The van der Waals surface area contributed by atoms with Crippen LogP contribution in [0.3, 0.4) is 0 Å².